The van der Waals surface area contributed by atoms with Gasteiger partial charge in [-0.2, -0.15) is 0 Å². The lowest BCUT2D eigenvalue weighted by Gasteiger charge is -2.32. The molecule has 0 radical (unpaired) electrons. The van der Waals surface area contributed by atoms with Crippen LogP contribution in [0.4, 0.5) is 14.9 Å². The zero-order valence-corrected chi connectivity index (χ0v) is 23.0. The standard InChI is InChI=1S/C31H34BFN2O4/c1-19-20(15-22(33)16-28(19)34)14-21(32-38-30(2,3)31(4,5)39-32)17-35-29(36)37-18-27-25-12-8-6-10-23(25)24-11-7-9-13-26(24)27/h6-16,27H,17-18,34H2,1-5H3,(H,35,36). The molecule has 2 aliphatic rings. The van der Waals surface area contributed by atoms with Crippen molar-refractivity contribution in [2.75, 3.05) is 18.9 Å². The summed E-state index contributed by atoms with van der Waals surface area (Å²) >= 11 is 0. The van der Waals surface area contributed by atoms with Crippen molar-refractivity contribution in [1.82, 2.24) is 5.32 Å². The van der Waals surface area contributed by atoms with Gasteiger partial charge in [0.05, 0.1) is 11.2 Å². The van der Waals surface area contributed by atoms with Crippen molar-refractivity contribution in [3.63, 3.8) is 0 Å². The minimum atomic E-state index is -0.743. The zero-order valence-electron chi connectivity index (χ0n) is 23.0. The lowest BCUT2D eigenvalue weighted by molar-refractivity contribution is 0.00578. The Bertz CT molecular complexity index is 1390. The fourth-order valence-electron chi connectivity index (χ4n) is 5.09. The van der Waals surface area contributed by atoms with Crippen LogP contribution in [0, 0.1) is 12.7 Å². The summed E-state index contributed by atoms with van der Waals surface area (Å²) in [6, 6.07) is 19.1. The number of ether oxygens (including phenoxy) is 1. The normalized spacial score (nSPS) is 17.6. The van der Waals surface area contributed by atoms with E-state index in [1.807, 2.05) is 58.9 Å². The van der Waals surface area contributed by atoms with Crippen molar-refractivity contribution < 1.29 is 23.2 Å². The van der Waals surface area contributed by atoms with E-state index in [9.17, 15) is 9.18 Å². The third-order valence-electron chi connectivity index (χ3n) is 8.13. The third-order valence-corrected chi connectivity index (χ3v) is 8.13. The van der Waals surface area contributed by atoms with Gasteiger partial charge in [0.2, 0.25) is 0 Å². The number of alkyl carbamates (subject to hydrolysis) is 1. The van der Waals surface area contributed by atoms with Gasteiger partial charge in [-0.05, 0) is 85.6 Å². The third kappa shape index (κ3) is 5.19. The Morgan fingerprint density at radius 3 is 2.18 bits per heavy atom. The summed E-state index contributed by atoms with van der Waals surface area (Å²) in [6.45, 7) is 9.92. The lowest BCUT2D eigenvalue weighted by Crippen LogP contribution is -2.41. The Hall–Kier alpha value is -3.62. The zero-order chi connectivity index (χ0) is 27.9. The molecule has 6 nitrogen and oxygen atoms in total. The average Bonchev–Trinajstić information content (AvgIpc) is 3.32. The summed E-state index contributed by atoms with van der Waals surface area (Å²) in [6.07, 6.45) is 1.20. The molecule has 1 heterocycles. The van der Waals surface area contributed by atoms with Crippen molar-refractivity contribution in [1.29, 1.82) is 0 Å². The molecule has 8 heteroatoms. The lowest BCUT2D eigenvalue weighted by atomic mass is 9.76. The highest BCUT2D eigenvalue weighted by atomic mass is 19.1. The number of rotatable bonds is 6. The summed E-state index contributed by atoms with van der Waals surface area (Å²) in [4.78, 5) is 12.9. The Balaban J connectivity index is 1.33. The molecule has 1 aliphatic carbocycles. The molecule has 0 aromatic heterocycles. The highest BCUT2D eigenvalue weighted by Gasteiger charge is 2.52. The van der Waals surface area contributed by atoms with Crippen LogP contribution in [0.25, 0.3) is 17.2 Å². The van der Waals surface area contributed by atoms with Crippen LogP contribution in [0.2, 0.25) is 0 Å². The number of nitrogen functional groups attached to an aromatic ring is 1. The van der Waals surface area contributed by atoms with Crippen LogP contribution < -0.4 is 11.1 Å². The van der Waals surface area contributed by atoms with Crippen molar-refractivity contribution in [3.05, 3.63) is 94.2 Å². The van der Waals surface area contributed by atoms with Gasteiger partial charge >= 0.3 is 13.2 Å². The van der Waals surface area contributed by atoms with Gasteiger partial charge in [0.25, 0.3) is 0 Å². The van der Waals surface area contributed by atoms with Crippen LogP contribution >= 0.6 is 0 Å². The number of benzene rings is 3. The molecule has 0 spiro atoms. The molecule has 0 atom stereocenters. The monoisotopic (exact) mass is 528 g/mol. The molecule has 0 bridgehead atoms. The quantitative estimate of drug-likeness (QED) is 0.291. The van der Waals surface area contributed by atoms with E-state index in [1.165, 1.54) is 12.1 Å². The first-order valence-corrected chi connectivity index (χ1v) is 13.2. The summed E-state index contributed by atoms with van der Waals surface area (Å²) in [7, 11) is -0.743. The van der Waals surface area contributed by atoms with E-state index >= 15 is 0 Å². The molecule has 5 rings (SSSR count). The smallest absolute Gasteiger partial charge is 0.449 e. The summed E-state index contributed by atoms with van der Waals surface area (Å²) < 4.78 is 32.4. The molecule has 1 fully saturated rings. The second kappa shape index (κ2) is 10.2. The van der Waals surface area contributed by atoms with Crippen LogP contribution in [-0.4, -0.2) is 37.6 Å². The van der Waals surface area contributed by atoms with Gasteiger partial charge in [-0.25, -0.2) is 9.18 Å². The van der Waals surface area contributed by atoms with Gasteiger partial charge < -0.3 is 25.1 Å². The molecule has 39 heavy (non-hydrogen) atoms. The maximum Gasteiger partial charge on any atom is 0.492 e. The van der Waals surface area contributed by atoms with E-state index in [-0.39, 0.29) is 19.1 Å². The van der Waals surface area contributed by atoms with E-state index in [0.717, 1.165) is 27.8 Å². The minimum absolute atomic E-state index is 0.0424. The SMILES string of the molecule is Cc1c(N)cc(F)cc1C=C(CNC(=O)OCC1c2ccccc2-c2ccccc21)B1OC(C)(C)C(C)(C)O1. The molecule has 0 saturated carbocycles. The summed E-state index contributed by atoms with van der Waals surface area (Å²) in [5.74, 6) is -0.485. The van der Waals surface area contributed by atoms with Gasteiger partial charge in [0, 0.05) is 18.2 Å². The Kier molecular flexibility index (Phi) is 7.03. The highest BCUT2D eigenvalue weighted by molar-refractivity contribution is 6.56. The number of amides is 1. The van der Waals surface area contributed by atoms with E-state index in [2.05, 4.69) is 29.6 Å². The van der Waals surface area contributed by atoms with Crippen molar-refractivity contribution in [2.45, 2.75) is 51.7 Å². The minimum Gasteiger partial charge on any atom is -0.449 e. The predicted molar refractivity (Wildman–Crippen MR) is 153 cm³/mol. The molecule has 1 saturated heterocycles. The van der Waals surface area contributed by atoms with Crippen molar-refractivity contribution in [2.24, 2.45) is 0 Å². The predicted octanol–water partition coefficient (Wildman–Crippen LogP) is 6.27. The molecule has 202 valence electrons. The first-order chi connectivity index (χ1) is 18.5. The van der Waals surface area contributed by atoms with Crippen LogP contribution in [0.3, 0.4) is 0 Å². The molecule has 3 aromatic carbocycles. The number of carbonyl (C=O) groups is 1. The van der Waals surface area contributed by atoms with Gasteiger partial charge in [-0.15, -0.1) is 0 Å². The van der Waals surface area contributed by atoms with Gasteiger partial charge in [0.15, 0.2) is 0 Å². The molecule has 3 N–H and O–H groups in total. The van der Waals surface area contributed by atoms with Crippen molar-refractivity contribution in [3.8, 4) is 11.1 Å². The van der Waals surface area contributed by atoms with Gasteiger partial charge in [-0.1, -0.05) is 54.6 Å². The van der Waals surface area contributed by atoms with E-state index in [0.29, 0.717) is 16.7 Å². The number of hydrogen-bond donors (Lipinski definition) is 2. The number of halogens is 1. The van der Waals surface area contributed by atoms with Crippen LogP contribution in [0.5, 0.6) is 0 Å². The fraction of sp³-hybridized carbons (Fsp3) is 0.323. The van der Waals surface area contributed by atoms with E-state index < -0.39 is 30.2 Å². The van der Waals surface area contributed by atoms with Crippen molar-refractivity contribution >= 4 is 25.0 Å². The maximum absolute atomic E-state index is 14.2. The fourth-order valence-corrected chi connectivity index (χ4v) is 5.09. The first kappa shape index (κ1) is 27.0. The van der Waals surface area contributed by atoms with E-state index in [1.54, 1.807) is 6.08 Å². The number of hydrogen-bond acceptors (Lipinski definition) is 5. The van der Waals surface area contributed by atoms with Crippen LogP contribution in [-0.2, 0) is 14.0 Å². The van der Waals surface area contributed by atoms with E-state index in [4.69, 9.17) is 19.8 Å². The second-order valence-corrected chi connectivity index (χ2v) is 11.2. The number of nitrogens with two attached hydrogens (primary N) is 1. The molecule has 3 aromatic rings. The highest BCUT2D eigenvalue weighted by Crippen LogP contribution is 2.44. The largest absolute Gasteiger partial charge is 0.492 e. The topological polar surface area (TPSA) is 82.8 Å². The van der Waals surface area contributed by atoms with Crippen LogP contribution in [0.15, 0.2) is 66.1 Å². The Morgan fingerprint density at radius 2 is 1.59 bits per heavy atom. The number of fused-ring (bicyclic) bond motifs is 3. The first-order valence-electron chi connectivity index (χ1n) is 13.2. The molecular weight excluding hydrogens is 494 g/mol. The molecule has 0 unspecified atom stereocenters. The summed E-state index contributed by atoms with van der Waals surface area (Å²) in [5, 5.41) is 2.84. The molecule has 1 aliphatic heterocycles. The Morgan fingerprint density at radius 1 is 1.03 bits per heavy atom. The van der Waals surface area contributed by atoms with Crippen LogP contribution in [0.1, 0.15) is 55.9 Å². The maximum atomic E-state index is 14.2. The van der Waals surface area contributed by atoms with Gasteiger partial charge in [-0.3, -0.25) is 0 Å². The van der Waals surface area contributed by atoms with Gasteiger partial charge in [0.1, 0.15) is 12.4 Å². The number of carbonyl (C=O) groups excluding carboxylic acids is 1. The average molecular weight is 528 g/mol. The Labute approximate surface area is 229 Å². The second-order valence-electron chi connectivity index (χ2n) is 11.2. The molecule has 1 amide bonds. The number of anilines is 1. The number of nitrogens with one attached hydrogen (secondary N) is 1. The summed E-state index contributed by atoms with van der Waals surface area (Å²) in [5.41, 5.74) is 11.7. The molecular formula is C31H34BFN2O4.